The predicted octanol–water partition coefficient (Wildman–Crippen LogP) is 1.23. The standard InChI is InChI=1S/C35H59N5O8/c1-11-22(6)29(40(8)35(45)28(21(4)5)39-33(43)27(36-7)20(2)3)24(41)17-26(42)37-19-25-30(46-9)31(47-10)32(48-25)34(44)38-18-23-15-13-12-14-16-23/h12-16,20-22,24-25,27-32,36,41H,11,17-19H2,1-10H3,(H,37,42)(H,38,44)(H,39,43)/t22-,24+,25+,27-,28-,29-,30+,31-,32-/m0/s1. The normalized spacial score (nSPS) is 22.4. The van der Waals surface area contributed by atoms with E-state index in [9.17, 15) is 24.3 Å². The number of methoxy groups -OCH3 is 2. The van der Waals surface area contributed by atoms with E-state index in [0.29, 0.717) is 13.0 Å². The number of amides is 4. The Morgan fingerprint density at radius 2 is 1.54 bits per heavy atom. The Kier molecular flexibility index (Phi) is 16.9. The summed E-state index contributed by atoms with van der Waals surface area (Å²) < 4.78 is 17.2. The molecule has 13 heteroatoms. The zero-order valence-corrected chi connectivity index (χ0v) is 30.3. The van der Waals surface area contributed by atoms with Gasteiger partial charge in [-0.15, -0.1) is 0 Å². The first-order valence-electron chi connectivity index (χ1n) is 16.9. The molecular weight excluding hydrogens is 618 g/mol. The first kappa shape index (κ1) is 41.1. The highest BCUT2D eigenvalue weighted by molar-refractivity contribution is 5.90. The molecule has 48 heavy (non-hydrogen) atoms. The van der Waals surface area contributed by atoms with Gasteiger partial charge in [-0.1, -0.05) is 78.3 Å². The molecule has 1 fully saturated rings. The summed E-state index contributed by atoms with van der Waals surface area (Å²) in [5.74, 6) is -1.78. The van der Waals surface area contributed by atoms with Crippen molar-refractivity contribution in [2.24, 2.45) is 17.8 Å². The molecule has 272 valence electrons. The number of nitrogens with one attached hydrogen (secondary N) is 4. The van der Waals surface area contributed by atoms with Gasteiger partial charge in [-0.2, -0.15) is 0 Å². The molecule has 0 aromatic heterocycles. The van der Waals surface area contributed by atoms with Crippen LogP contribution < -0.4 is 21.3 Å². The highest BCUT2D eigenvalue weighted by Gasteiger charge is 2.48. The fraction of sp³-hybridized carbons (Fsp3) is 0.714. The summed E-state index contributed by atoms with van der Waals surface area (Å²) in [6, 6.07) is 7.50. The molecule has 1 aliphatic heterocycles. The first-order chi connectivity index (χ1) is 22.7. The van der Waals surface area contributed by atoms with Crippen LogP contribution >= 0.6 is 0 Å². The van der Waals surface area contributed by atoms with Crippen LogP contribution in [0.5, 0.6) is 0 Å². The van der Waals surface area contributed by atoms with Crippen molar-refractivity contribution >= 4 is 23.6 Å². The molecule has 1 aliphatic rings. The van der Waals surface area contributed by atoms with Crippen molar-refractivity contribution < 1.29 is 38.5 Å². The highest BCUT2D eigenvalue weighted by Crippen LogP contribution is 2.27. The van der Waals surface area contributed by atoms with Gasteiger partial charge >= 0.3 is 0 Å². The van der Waals surface area contributed by atoms with Gasteiger partial charge in [0.15, 0.2) is 6.10 Å². The van der Waals surface area contributed by atoms with Crippen LogP contribution in [0.15, 0.2) is 30.3 Å². The van der Waals surface area contributed by atoms with Crippen molar-refractivity contribution in [2.45, 2.75) is 110 Å². The molecule has 0 radical (unpaired) electrons. The molecule has 9 atom stereocenters. The van der Waals surface area contributed by atoms with E-state index >= 15 is 0 Å². The van der Waals surface area contributed by atoms with Crippen molar-refractivity contribution in [3.05, 3.63) is 35.9 Å². The number of aliphatic hydroxyl groups excluding tert-OH is 1. The number of carbonyl (C=O) groups excluding carboxylic acids is 4. The van der Waals surface area contributed by atoms with Crippen molar-refractivity contribution in [3.63, 3.8) is 0 Å². The second-order valence-corrected chi connectivity index (χ2v) is 13.3. The molecular formula is C35H59N5O8. The Bertz CT molecular complexity index is 1170. The number of ether oxygens (including phenoxy) is 3. The summed E-state index contributed by atoms with van der Waals surface area (Å²) >= 11 is 0. The van der Waals surface area contributed by atoms with Gasteiger partial charge in [0.1, 0.15) is 24.4 Å². The Morgan fingerprint density at radius 1 is 0.938 bits per heavy atom. The molecule has 0 aliphatic carbocycles. The second-order valence-electron chi connectivity index (χ2n) is 13.3. The quantitative estimate of drug-likeness (QED) is 0.145. The van der Waals surface area contributed by atoms with Gasteiger partial charge in [0.2, 0.25) is 17.7 Å². The topological polar surface area (TPSA) is 168 Å². The molecule has 1 saturated heterocycles. The minimum absolute atomic E-state index is 0.0130. The number of aliphatic hydroxyl groups is 1. The number of carbonyl (C=O) groups is 4. The van der Waals surface area contributed by atoms with Crippen molar-refractivity contribution in [2.75, 3.05) is 34.9 Å². The molecule has 1 heterocycles. The largest absolute Gasteiger partial charge is 0.390 e. The van der Waals surface area contributed by atoms with Crippen LogP contribution in [0.1, 0.15) is 59.9 Å². The third-order valence-electron chi connectivity index (χ3n) is 9.22. The van der Waals surface area contributed by atoms with Gasteiger partial charge in [0.25, 0.3) is 5.91 Å². The Labute approximate surface area is 286 Å². The van der Waals surface area contributed by atoms with Gasteiger partial charge in [-0.3, -0.25) is 19.2 Å². The van der Waals surface area contributed by atoms with Crippen LogP contribution in [-0.4, -0.2) is 117 Å². The van der Waals surface area contributed by atoms with Crippen LogP contribution in [-0.2, 0) is 39.9 Å². The predicted molar refractivity (Wildman–Crippen MR) is 183 cm³/mol. The van der Waals surface area contributed by atoms with Gasteiger partial charge in [0, 0.05) is 34.4 Å². The van der Waals surface area contributed by atoms with Crippen molar-refractivity contribution in [1.82, 2.24) is 26.2 Å². The van der Waals surface area contributed by atoms with Crippen molar-refractivity contribution in [1.29, 1.82) is 0 Å². The van der Waals surface area contributed by atoms with E-state index in [1.807, 2.05) is 71.9 Å². The number of hydrogen-bond acceptors (Lipinski definition) is 9. The number of benzene rings is 1. The summed E-state index contributed by atoms with van der Waals surface area (Å²) in [4.78, 5) is 54.5. The summed E-state index contributed by atoms with van der Waals surface area (Å²) in [6.45, 7) is 11.7. The monoisotopic (exact) mass is 677 g/mol. The SMILES string of the molecule is CC[C@H](C)[C@@H]([C@H](O)CC(=O)NC[C@H]1O[C@H](C(=O)NCc2ccccc2)[C@@H](OC)[C@@H]1OC)N(C)C(=O)[C@@H](NC(=O)[C@@H](NC)C(C)C)C(C)C. The van der Waals surface area contributed by atoms with E-state index in [4.69, 9.17) is 14.2 Å². The minimum atomic E-state index is -1.19. The third-order valence-corrected chi connectivity index (χ3v) is 9.22. The molecule has 1 aromatic rings. The van der Waals surface area contributed by atoms with Gasteiger partial charge in [0.05, 0.1) is 24.6 Å². The molecule has 4 amide bonds. The molecule has 0 unspecified atom stereocenters. The third kappa shape index (κ3) is 11.0. The van der Waals surface area contributed by atoms with Crippen LogP contribution in [0.3, 0.4) is 0 Å². The Hall–Kier alpha value is -3.10. The average molecular weight is 678 g/mol. The maximum atomic E-state index is 13.8. The zero-order valence-electron chi connectivity index (χ0n) is 30.3. The Morgan fingerprint density at radius 3 is 2.06 bits per heavy atom. The van der Waals surface area contributed by atoms with Crippen LogP contribution in [0.2, 0.25) is 0 Å². The lowest BCUT2D eigenvalue weighted by atomic mass is 9.90. The van der Waals surface area contributed by atoms with E-state index in [2.05, 4.69) is 21.3 Å². The number of nitrogens with zero attached hydrogens (tertiary/aromatic N) is 1. The zero-order chi connectivity index (χ0) is 36.1. The average Bonchev–Trinajstić information content (AvgIpc) is 3.42. The fourth-order valence-electron chi connectivity index (χ4n) is 6.28. The highest BCUT2D eigenvalue weighted by atomic mass is 16.6. The van der Waals surface area contributed by atoms with E-state index < -0.39 is 54.6 Å². The van der Waals surface area contributed by atoms with Crippen molar-refractivity contribution in [3.8, 4) is 0 Å². The number of hydrogen-bond donors (Lipinski definition) is 5. The van der Waals surface area contributed by atoms with E-state index in [0.717, 1.165) is 5.56 Å². The van der Waals surface area contributed by atoms with Crippen LogP contribution in [0.4, 0.5) is 0 Å². The molecule has 0 saturated carbocycles. The molecule has 0 spiro atoms. The lowest BCUT2D eigenvalue weighted by molar-refractivity contribution is -0.143. The molecule has 0 bridgehead atoms. The lowest BCUT2D eigenvalue weighted by Crippen LogP contribution is -2.59. The minimum Gasteiger partial charge on any atom is -0.390 e. The fourth-order valence-corrected chi connectivity index (χ4v) is 6.28. The molecule has 13 nitrogen and oxygen atoms in total. The molecule has 1 aromatic carbocycles. The van der Waals surface area contributed by atoms with Gasteiger partial charge < -0.3 is 45.5 Å². The van der Waals surface area contributed by atoms with Gasteiger partial charge in [-0.05, 0) is 30.4 Å². The summed E-state index contributed by atoms with van der Waals surface area (Å²) in [5, 5.41) is 22.9. The second kappa shape index (κ2) is 19.8. The summed E-state index contributed by atoms with van der Waals surface area (Å²) in [5.41, 5.74) is 0.935. The Balaban J connectivity index is 2.08. The molecule has 5 N–H and O–H groups in total. The smallest absolute Gasteiger partial charge is 0.252 e. The maximum Gasteiger partial charge on any atom is 0.252 e. The summed E-state index contributed by atoms with van der Waals surface area (Å²) in [7, 11) is 6.26. The van der Waals surface area contributed by atoms with E-state index in [1.54, 1.807) is 14.1 Å². The number of rotatable bonds is 19. The molecule has 2 rings (SSSR count). The lowest BCUT2D eigenvalue weighted by Gasteiger charge is -2.38. The number of likely N-dealkylation sites (N-methyl/N-ethyl adjacent to an activating group) is 2. The van der Waals surface area contributed by atoms with E-state index in [1.165, 1.54) is 19.1 Å². The first-order valence-corrected chi connectivity index (χ1v) is 16.9. The maximum absolute atomic E-state index is 13.8. The van der Waals surface area contributed by atoms with Crippen LogP contribution in [0, 0.1) is 17.8 Å². The van der Waals surface area contributed by atoms with Crippen LogP contribution in [0.25, 0.3) is 0 Å². The summed E-state index contributed by atoms with van der Waals surface area (Å²) in [6.07, 6.45) is -3.80. The van der Waals surface area contributed by atoms with E-state index in [-0.39, 0.29) is 48.4 Å². The van der Waals surface area contributed by atoms with Gasteiger partial charge in [-0.25, -0.2) is 0 Å².